The maximum absolute atomic E-state index is 2.27. The molecule has 3 aliphatic rings. The topological polar surface area (TPSA) is 0 Å². The minimum absolute atomic E-state index is 1.09. The molecule has 0 amide bonds. The Morgan fingerprint density at radius 3 is 2.85 bits per heavy atom. The maximum atomic E-state index is 2.27. The molecule has 0 radical (unpaired) electrons. The summed E-state index contributed by atoms with van der Waals surface area (Å²) in [5.41, 5.74) is 5.49. The van der Waals surface area contributed by atoms with E-state index in [1.165, 1.54) is 22.3 Å². The zero-order valence-corrected chi connectivity index (χ0v) is 7.33. The molecule has 0 atom stereocenters. The molecule has 0 saturated heterocycles. The van der Waals surface area contributed by atoms with Crippen LogP contribution in [0.4, 0.5) is 0 Å². The number of hydrogen-bond donors (Lipinski definition) is 0. The third kappa shape index (κ3) is 0.988. The zero-order chi connectivity index (χ0) is 8.67. The second-order valence-electron chi connectivity index (χ2n) is 3.50. The molecule has 0 heteroatoms. The summed E-state index contributed by atoms with van der Waals surface area (Å²) in [4.78, 5) is 0. The van der Waals surface area contributed by atoms with Gasteiger partial charge >= 0.3 is 0 Å². The van der Waals surface area contributed by atoms with Crippen molar-refractivity contribution in [2.45, 2.75) is 6.42 Å². The fraction of sp³-hybridized carbons (Fsp3) is 0.0769. The molecule has 0 fully saturated rings. The molecule has 0 aliphatic heterocycles. The first kappa shape index (κ1) is 6.90. The van der Waals surface area contributed by atoms with Crippen molar-refractivity contribution in [1.29, 1.82) is 0 Å². The molecule has 62 valence electrons. The average molecular weight is 166 g/mol. The lowest BCUT2D eigenvalue weighted by atomic mass is 10.1. The molecule has 0 saturated carbocycles. The van der Waals surface area contributed by atoms with Crippen molar-refractivity contribution >= 4 is 6.08 Å². The molecular weight excluding hydrogens is 156 g/mol. The molecule has 0 unspecified atom stereocenters. The van der Waals surface area contributed by atoms with Gasteiger partial charge in [0.2, 0.25) is 0 Å². The van der Waals surface area contributed by atoms with Crippen LogP contribution in [0.25, 0.3) is 17.2 Å². The highest BCUT2D eigenvalue weighted by Crippen LogP contribution is 2.27. The van der Waals surface area contributed by atoms with E-state index in [0.29, 0.717) is 0 Å². The Hall–Kier alpha value is -1.56. The first-order chi connectivity index (χ1) is 6.43. The summed E-state index contributed by atoms with van der Waals surface area (Å²) < 4.78 is 0. The summed E-state index contributed by atoms with van der Waals surface area (Å²) in [6.45, 7) is 0. The van der Waals surface area contributed by atoms with E-state index >= 15 is 0 Å². The van der Waals surface area contributed by atoms with Gasteiger partial charge in [0.1, 0.15) is 0 Å². The predicted molar refractivity (Wildman–Crippen MR) is 55.8 cm³/mol. The van der Waals surface area contributed by atoms with Gasteiger partial charge in [-0.15, -0.1) is 0 Å². The van der Waals surface area contributed by atoms with Gasteiger partial charge in [-0.25, -0.2) is 0 Å². The number of rotatable bonds is 0. The van der Waals surface area contributed by atoms with Crippen molar-refractivity contribution in [2.75, 3.05) is 0 Å². The predicted octanol–water partition coefficient (Wildman–Crippen LogP) is 3.36. The third-order valence-electron chi connectivity index (χ3n) is 2.67. The number of hydrogen-bond acceptors (Lipinski definition) is 0. The van der Waals surface area contributed by atoms with E-state index in [1.807, 2.05) is 0 Å². The lowest BCUT2D eigenvalue weighted by molar-refractivity contribution is 1.33. The summed E-state index contributed by atoms with van der Waals surface area (Å²) in [5.74, 6) is 0. The van der Waals surface area contributed by atoms with Gasteiger partial charge in [-0.3, -0.25) is 0 Å². The van der Waals surface area contributed by atoms with Gasteiger partial charge in [-0.2, -0.15) is 0 Å². The van der Waals surface area contributed by atoms with E-state index in [-0.39, 0.29) is 0 Å². The second-order valence-corrected chi connectivity index (χ2v) is 3.50. The van der Waals surface area contributed by atoms with E-state index in [1.54, 1.807) is 0 Å². The summed E-state index contributed by atoms with van der Waals surface area (Å²) >= 11 is 0. The molecule has 0 N–H and O–H groups in total. The van der Waals surface area contributed by atoms with Gasteiger partial charge in [0, 0.05) is 0 Å². The van der Waals surface area contributed by atoms with Gasteiger partial charge in [0.25, 0.3) is 0 Å². The van der Waals surface area contributed by atoms with E-state index in [4.69, 9.17) is 0 Å². The maximum Gasteiger partial charge on any atom is -0.00882 e. The molecule has 0 aromatic rings. The summed E-state index contributed by atoms with van der Waals surface area (Å²) in [6, 6.07) is 13.2. The Kier molecular flexibility index (Phi) is 1.31. The molecule has 3 rings (SSSR count). The monoisotopic (exact) mass is 166 g/mol. The van der Waals surface area contributed by atoms with Crippen molar-refractivity contribution in [3.8, 4) is 11.1 Å². The van der Waals surface area contributed by atoms with Crippen LogP contribution in [0.15, 0.2) is 42.5 Å². The smallest absolute Gasteiger partial charge is 0.00882 e. The Labute approximate surface area is 77.9 Å². The van der Waals surface area contributed by atoms with Gasteiger partial charge in [-0.1, -0.05) is 42.5 Å². The quantitative estimate of drug-likeness (QED) is 0.563. The van der Waals surface area contributed by atoms with Gasteiger partial charge in [-0.05, 0) is 34.7 Å². The van der Waals surface area contributed by atoms with Crippen molar-refractivity contribution in [2.24, 2.45) is 0 Å². The van der Waals surface area contributed by atoms with Crippen LogP contribution in [0.1, 0.15) is 11.1 Å². The molecule has 0 aromatic heterocycles. The molecule has 3 aliphatic carbocycles. The molecule has 0 heterocycles. The fourth-order valence-electron chi connectivity index (χ4n) is 1.93. The van der Waals surface area contributed by atoms with E-state index in [9.17, 15) is 0 Å². The molecule has 0 aromatic carbocycles. The molecule has 0 nitrogen and oxygen atoms in total. The Bertz CT molecular complexity index is 452. The molecular formula is C13H10. The average Bonchev–Trinajstić information content (AvgIpc) is 2.72. The summed E-state index contributed by atoms with van der Waals surface area (Å²) in [5, 5.41) is 0. The highest BCUT2D eigenvalue weighted by Gasteiger charge is 2.06. The highest BCUT2D eigenvalue weighted by molar-refractivity contribution is 5.72. The van der Waals surface area contributed by atoms with E-state index in [2.05, 4.69) is 48.6 Å². The Morgan fingerprint density at radius 2 is 1.85 bits per heavy atom. The minimum Gasteiger partial charge on any atom is -0.0795 e. The van der Waals surface area contributed by atoms with Crippen LogP contribution in [-0.4, -0.2) is 0 Å². The van der Waals surface area contributed by atoms with Crippen molar-refractivity contribution in [1.82, 2.24) is 0 Å². The first-order valence-corrected chi connectivity index (χ1v) is 4.62. The van der Waals surface area contributed by atoms with Gasteiger partial charge < -0.3 is 0 Å². The van der Waals surface area contributed by atoms with Crippen LogP contribution in [0.2, 0.25) is 0 Å². The van der Waals surface area contributed by atoms with E-state index < -0.39 is 0 Å². The van der Waals surface area contributed by atoms with Crippen LogP contribution in [0.3, 0.4) is 0 Å². The second kappa shape index (κ2) is 2.46. The largest absolute Gasteiger partial charge is 0.0795 e. The number of allylic oxidation sites excluding steroid dienone is 1. The zero-order valence-electron chi connectivity index (χ0n) is 7.33. The molecule has 0 spiro atoms. The van der Waals surface area contributed by atoms with Gasteiger partial charge in [0.05, 0.1) is 0 Å². The van der Waals surface area contributed by atoms with Gasteiger partial charge in [0.15, 0.2) is 0 Å². The van der Waals surface area contributed by atoms with Crippen molar-refractivity contribution < 1.29 is 0 Å². The molecule has 13 heavy (non-hydrogen) atoms. The van der Waals surface area contributed by atoms with Crippen LogP contribution in [-0.2, 0) is 6.42 Å². The highest BCUT2D eigenvalue weighted by atomic mass is 14.1. The minimum atomic E-state index is 1.09. The van der Waals surface area contributed by atoms with Crippen LogP contribution in [0, 0.1) is 0 Å². The standard InChI is InChI=1S/C13H10/c1-3-10-7-8-11-4-2-6-13(11)9-12(10)5-1/h1-3,5-9H,4H2. The first-order valence-electron chi connectivity index (χ1n) is 4.62. The van der Waals surface area contributed by atoms with E-state index in [0.717, 1.165) is 6.42 Å². The Morgan fingerprint density at radius 1 is 0.923 bits per heavy atom. The fourth-order valence-corrected chi connectivity index (χ4v) is 1.93. The normalized spacial score (nSPS) is 13.5. The SMILES string of the molecule is C1=Cc2cc3cccc-3ccc2C1. The van der Waals surface area contributed by atoms with Crippen molar-refractivity contribution in [3.05, 3.63) is 53.6 Å². The summed E-state index contributed by atoms with van der Waals surface area (Å²) in [6.07, 6.45) is 5.52. The van der Waals surface area contributed by atoms with Crippen molar-refractivity contribution in [3.63, 3.8) is 0 Å². The van der Waals surface area contributed by atoms with Crippen LogP contribution < -0.4 is 0 Å². The summed E-state index contributed by atoms with van der Waals surface area (Å²) in [7, 11) is 0. The number of fused-ring (bicyclic) bond motifs is 2. The Balaban J connectivity index is 2.35. The van der Waals surface area contributed by atoms with Crippen LogP contribution >= 0.6 is 0 Å². The molecule has 0 bridgehead atoms. The van der Waals surface area contributed by atoms with Crippen LogP contribution in [0.5, 0.6) is 0 Å². The third-order valence-corrected chi connectivity index (χ3v) is 2.67. The lowest BCUT2D eigenvalue weighted by Gasteiger charge is -1.90. The lowest BCUT2D eigenvalue weighted by Crippen LogP contribution is -1.72.